The molecule has 30 heavy (non-hydrogen) atoms. The fourth-order valence-electron chi connectivity index (χ4n) is 5.53. The van der Waals surface area contributed by atoms with Crippen LogP contribution >= 0.6 is 0 Å². The van der Waals surface area contributed by atoms with Crippen molar-refractivity contribution in [1.29, 1.82) is 0 Å². The normalized spacial score (nSPS) is 31.3. The summed E-state index contributed by atoms with van der Waals surface area (Å²) in [5.41, 5.74) is 0.855. The average Bonchev–Trinajstić information content (AvgIpc) is 3.13. The van der Waals surface area contributed by atoms with E-state index < -0.39 is 12.0 Å². The molecule has 6 atom stereocenters. The minimum atomic E-state index is -0.745. The van der Waals surface area contributed by atoms with Crippen molar-refractivity contribution in [1.82, 2.24) is 16.0 Å². The summed E-state index contributed by atoms with van der Waals surface area (Å²) in [5, 5.41) is 19.6. The van der Waals surface area contributed by atoms with Crippen LogP contribution in [0.3, 0.4) is 0 Å². The molecule has 2 heterocycles. The summed E-state index contributed by atoms with van der Waals surface area (Å²) in [6.07, 6.45) is 6.21. The molecule has 7 heteroatoms. The number of carbonyl (C=O) groups excluding carboxylic acids is 2. The molecule has 1 saturated carbocycles. The van der Waals surface area contributed by atoms with Gasteiger partial charge < -0.3 is 25.8 Å². The van der Waals surface area contributed by atoms with Gasteiger partial charge in [-0.05, 0) is 55.7 Å². The molecule has 2 aliphatic heterocycles. The number of carbonyl (C=O) groups is 2. The van der Waals surface area contributed by atoms with Crippen molar-refractivity contribution in [2.24, 2.45) is 11.8 Å². The molecule has 1 aliphatic carbocycles. The van der Waals surface area contributed by atoms with Crippen molar-refractivity contribution < 1.29 is 19.4 Å². The Morgan fingerprint density at radius 2 is 1.93 bits per heavy atom. The minimum absolute atomic E-state index is 0.135. The van der Waals surface area contributed by atoms with E-state index in [2.05, 4.69) is 16.0 Å². The minimum Gasteiger partial charge on any atom is -0.508 e. The van der Waals surface area contributed by atoms with Gasteiger partial charge >= 0.3 is 5.97 Å². The molecule has 1 amide bonds. The number of amides is 1. The number of esters is 1. The smallest absolute Gasteiger partial charge is 0.328 e. The third-order valence-electron chi connectivity index (χ3n) is 6.99. The van der Waals surface area contributed by atoms with Gasteiger partial charge in [-0.2, -0.15) is 0 Å². The molecular weight excluding hydrogens is 382 g/mol. The molecule has 2 saturated heterocycles. The SMILES string of the molecule is CCOC(=O)C(Cc1ccc(O)cc1)NC(=O)C1CC2C(CN1)NC1CCCCC12. The van der Waals surface area contributed by atoms with E-state index in [1.54, 1.807) is 31.2 Å². The lowest BCUT2D eigenvalue weighted by molar-refractivity contribution is -0.147. The molecule has 4 N–H and O–H groups in total. The summed E-state index contributed by atoms with van der Waals surface area (Å²) in [6.45, 7) is 2.81. The number of rotatable bonds is 6. The Hall–Kier alpha value is -2.12. The van der Waals surface area contributed by atoms with Crippen LogP contribution in [-0.2, 0) is 20.7 Å². The largest absolute Gasteiger partial charge is 0.508 e. The Bertz CT molecular complexity index is 753. The average molecular weight is 416 g/mol. The highest BCUT2D eigenvalue weighted by Crippen LogP contribution is 2.41. The molecule has 7 nitrogen and oxygen atoms in total. The van der Waals surface area contributed by atoms with Crippen LogP contribution in [-0.4, -0.2) is 54.3 Å². The first-order valence-electron chi connectivity index (χ1n) is 11.3. The number of aromatic hydroxyl groups is 1. The first-order chi connectivity index (χ1) is 14.5. The van der Waals surface area contributed by atoms with Crippen molar-refractivity contribution in [3.63, 3.8) is 0 Å². The Morgan fingerprint density at radius 3 is 2.70 bits per heavy atom. The van der Waals surface area contributed by atoms with E-state index in [0.717, 1.165) is 18.5 Å². The number of nitrogens with one attached hydrogen (secondary N) is 3. The van der Waals surface area contributed by atoms with Crippen LogP contribution < -0.4 is 16.0 Å². The maximum Gasteiger partial charge on any atom is 0.328 e. The highest BCUT2D eigenvalue weighted by Gasteiger charge is 2.47. The van der Waals surface area contributed by atoms with Gasteiger partial charge in [0.25, 0.3) is 0 Å². The van der Waals surface area contributed by atoms with Gasteiger partial charge in [-0.25, -0.2) is 4.79 Å². The predicted molar refractivity (Wildman–Crippen MR) is 113 cm³/mol. The van der Waals surface area contributed by atoms with Crippen molar-refractivity contribution in [2.45, 2.75) is 69.6 Å². The maximum atomic E-state index is 13.1. The highest BCUT2D eigenvalue weighted by molar-refractivity contribution is 5.87. The second-order valence-electron chi connectivity index (χ2n) is 8.87. The van der Waals surface area contributed by atoms with Crippen molar-refractivity contribution in [3.05, 3.63) is 29.8 Å². The third kappa shape index (κ3) is 4.62. The number of benzene rings is 1. The zero-order valence-electron chi connectivity index (χ0n) is 17.6. The molecule has 1 aromatic carbocycles. The second kappa shape index (κ2) is 9.35. The Labute approximate surface area is 177 Å². The van der Waals surface area contributed by atoms with Gasteiger partial charge in [-0.15, -0.1) is 0 Å². The van der Waals surface area contributed by atoms with E-state index in [4.69, 9.17) is 4.74 Å². The summed E-state index contributed by atoms with van der Waals surface area (Å²) < 4.78 is 5.19. The van der Waals surface area contributed by atoms with Gasteiger partial charge in [0.05, 0.1) is 12.6 Å². The summed E-state index contributed by atoms with van der Waals surface area (Å²) in [5.74, 6) is 0.791. The molecule has 3 fully saturated rings. The van der Waals surface area contributed by atoms with Crippen molar-refractivity contribution in [3.8, 4) is 5.75 Å². The molecule has 4 rings (SSSR count). The summed E-state index contributed by atoms with van der Waals surface area (Å²) >= 11 is 0. The summed E-state index contributed by atoms with van der Waals surface area (Å²) in [6, 6.07) is 6.68. The zero-order valence-corrected chi connectivity index (χ0v) is 17.6. The molecule has 0 radical (unpaired) electrons. The topological polar surface area (TPSA) is 99.7 Å². The number of ether oxygens (including phenoxy) is 1. The fourth-order valence-corrected chi connectivity index (χ4v) is 5.53. The predicted octanol–water partition coefficient (Wildman–Crippen LogP) is 1.49. The zero-order chi connectivity index (χ0) is 21.1. The number of phenolic OH excluding ortho intramolecular Hbond substituents is 1. The van der Waals surface area contributed by atoms with Crippen molar-refractivity contribution in [2.75, 3.05) is 13.2 Å². The highest BCUT2D eigenvalue weighted by atomic mass is 16.5. The van der Waals surface area contributed by atoms with E-state index >= 15 is 0 Å². The van der Waals surface area contributed by atoms with E-state index in [1.807, 2.05) is 0 Å². The first kappa shape index (κ1) is 21.1. The van der Waals surface area contributed by atoms with Crippen LogP contribution in [0.4, 0.5) is 0 Å². The Kier molecular flexibility index (Phi) is 6.58. The van der Waals surface area contributed by atoms with Gasteiger partial charge in [0.15, 0.2) is 0 Å². The van der Waals surface area contributed by atoms with Gasteiger partial charge in [0.1, 0.15) is 11.8 Å². The van der Waals surface area contributed by atoms with E-state index in [-0.39, 0.29) is 24.3 Å². The molecule has 0 bridgehead atoms. The van der Waals surface area contributed by atoms with Crippen LogP contribution in [0.5, 0.6) is 5.75 Å². The quantitative estimate of drug-likeness (QED) is 0.526. The molecule has 6 unspecified atom stereocenters. The van der Waals surface area contributed by atoms with Gasteiger partial charge in [0.2, 0.25) is 5.91 Å². The molecular formula is C23H33N3O4. The summed E-state index contributed by atoms with van der Waals surface area (Å²) in [4.78, 5) is 25.6. The maximum absolute atomic E-state index is 13.1. The standard InChI is InChI=1S/C23H33N3O4/c1-2-30-23(29)20(11-14-7-9-15(27)10-8-14)26-22(28)19-12-17-16-5-3-4-6-18(16)25-21(17)13-24-19/h7-10,16-21,24-25,27H,2-6,11-13H2,1H3,(H,26,28). The lowest BCUT2D eigenvalue weighted by Gasteiger charge is -2.35. The van der Waals surface area contributed by atoms with Crippen LogP contribution in [0.2, 0.25) is 0 Å². The Morgan fingerprint density at radius 1 is 1.17 bits per heavy atom. The van der Waals surface area contributed by atoms with Gasteiger partial charge in [0, 0.05) is 25.0 Å². The third-order valence-corrected chi connectivity index (χ3v) is 6.99. The van der Waals surface area contributed by atoms with Crippen LogP contribution in [0, 0.1) is 11.8 Å². The van der Waals surface area contributed by atoms with Crippen LogP contribution in [0.25, 0.3) is 0 Å². The number of phenols is 1. The van der Waals surface area contributed by atoms with Crippen LogP contribution in [0.15, 0.2) is 24.3 Å². The molecule has 1 aromatic rings. The molecule has 0 aromatic heterocycles. The van der Waals surface area contributed by atoms with Gasteiger partial charge in [-0.1, -0.05) is 25.0 Å². The molecule has 3 aliphatic rings. The van der Waals surface area contributed by atoms with Gasteiger partial charge in [-0.3, -0.25) is 4.79 Å². The first-order valence-corrected chi connectivity index (χ1v) is 11.3. The lowest BCUT2D eigenvalue weighted by atomic mass is 9.74. The fraction of sp³-hybridized carbons (Fsp3) is 0.652. The Balaban J connectivity index is 1.40. The monoisotopic (exact) mass is 415 g/mol. The summed E-state index contributed by atoms with van der Waals surface area (Å²) in [7, 11) is 0. The van der Waals surface area contributed by atoms with E-state index in [0.29, 0.717) is 30.3 Å². The molecule has 0 spiro atoms. The number of piperidine rings is 1. The molecule has 164 valence electrons. The second-order valence-corrected chi connectivity index (χ2v) is 8.87. The van der Waals surface area contributed by atoms with Crippen molar-refractivity contribution >= 4 is 11.9 Å². The number of hydrogen-bond donors (Lipinski definition) is 4. The van der Waals surface area contributed by atoms with E-state index in [9.17, 15) is 14.7 Å². The number of hydrogen-bond acceptors (Lipinski definition) is 6. The van der Waals surface area contributed by atoms with Crippen LogP contribution in [0.1, 0.15) is 44.6 Å². The lowest BCUT2D eigenvalue weighted by Crippen LogP contribution is -2.57. The van der Waals surface area contributed by atoms with E-state index in [1.165, 1.54) is 25.7 Å². The number of fused-ring (bicyclic) bond motifs is 3.